The van der Waals surface area contributed by atoms with Gasteiger partial charge in [-0.25, -0.2) is 0 Å². The van der Waals surface area contributed by atoms with E-state index in [1.54, 1.807) is 0 Å². The van der Waals surface area contributed by atoms with Crippen LogP contribution >= 0.6 is 0 Å². The predicted molar refractivity (Wildman–Crippen MR) is 65.6 cm³/mol. The molecule has 0 radical (unpaired) electrons. The van der Waals surface area contributed by atoms with E-state index in [-0.39, 0.29) is 29.3 Å². The maximum atomic E-state index is 11.8. The summed E-state index contributed by atoms with van der Waals surface area (Å²) in [6.45, 7) is 3.94. The summed E-state index contributed by atoms with van der Waals surface area (Å²) in [5.41, 5.74) is -0.371. The molecule has 1 aromatic rings. The molecule has 1 heterocycles. The lowest BCUT2D eigenvalue weighted by atomic mass is 10.1. The first-order valence-electron chi connectivity index (χ1n) is 6.27. The number of unbranched alkanes of at least 4 members (excludes halogenated alkanes) is 2. The second-order valence-electron chi connectivity index (χ2n) is 4.19. The van der Waals surface area contributed by atoms with Crippen LogP contribution in [0.25, 0.3) is 0 Å². The Labute approximate surface area is 105 Å². The fourth-order valence-electron chi connectivity index (χ4n) is 1.65. The van der Waals surface area contributed by atoms with Gasteiger partial charge in [-0.2, -0.15) is 0 Å². The number of hydrogen-bond donors (Lipinski definition) is 0. The Kier molecular flexibility index (Phi) is 5.48. The van der Waals surface area contributed by atoms with Gasteiger partial charge < -0.3 is 4.52 Å². The highest BCUT2D eigenvalue weighted by Crippen LogP contribution is 2.26. The number of carbonyl (C=O) groups excluding carboxylic acids is 1. The monoisotopic (exact) mass is 254 g/mol. The number of carbonyl (C=O) groups is 1. The van der Waals surface area contributed by atoms with Crippen molar-refractivity contribution >= 4 is 11.5 Å². The zero-order valence-electron chi connectivity index (χ0n) is 10.8. The summed E-state index contributed by atoms with van der Waals surface area (Å²) in [6, 6.07) is 0. The summed E-state index contributed by atoms with van der Waals surface area (Å²) in [5.74, 6) is -0.100. The quantitative estimate of drug-likeness (QED) is 0.403. The summed E-state index contributed by atoms with van der Waals surface area (Å²) in [5, 5.41) is 14.6. The average molecular weight is 254 g/mol. The zero-order chi connectivity index (χ0) is 13.5. The smallest absolute Gasteiger partial charge is 0.342 e. The number of aromatic nitrogens is 1. The molecule has 0 aliphatic carbocycles. The van der Waals surface area contributed by atoms with E-state index in [2.05, 4.69) is 5.16 Å². The number of nitrogens with zero attached hydrogens (tertiary/aromatic N) is 2. The van der Waals surface area contributed by atoms with Crippen molar-refractivity contribution in [1.82, 2.24) is 5.16 Å². The minimum Gasteiger partial charge on any atom is -0.353 e. The topological polar surface area (TPSA) is 86.2 Å². The van der Waals surface area contributed by atoms with E-state index in [0.717, 1.165) is 19.3 Å². The van der Waals surface area contributed by atoms with E-state index in [1.165, 1.54) is 0 Å². The van der Waals surface area contributed by atoms with Crippen LogP contribution in [0.3, 0.4) is 0 Å². The van der Waals surface area contributed by atoms with Crippen LogP contribution in [0.2, 0.25) is 0 Å². The highest BCUT2D eigenvalue weighted by molar-refractivity contribution is 5.98. The highest BCUT2D eigenvalue weighted by Gasteiger charge is 2.30. The van der Waals surface area contributed by atoms with E-state index in [0.29, 0.717) is 12.8 Å². The third kappa shape index (κ3) is 3.38. The van der Waals surface area contributed by atoms with Crippen LogP contribution in [0, 0.1) is 10.1 Å². The number of Topliss-reactive ketones (excluding diaryl/α,β-unsaturated/α-hetero) is 1. The van der Waals surface area contributed by atoms with Crippen LogP contribution in [-0.4, -0.2) is 15.9 Å². The van der Waals surface area contributed by atoms with Crippen molar-refractivity contribution in [2.45, 2.75) is 52.4 Å². The van der Waals surface area contributed by atoms with E-state index >= 15 is 0 Å². The molecule has 6 heteroatoms. The predicted octanol–water partition coefficient (Wildman–Crippen LogP) is 3.30. The van der Waals surface area contributed by atoms with Crippen molar-refractivity contribution in [1.29, 1.82) is 0 Å². The molecule has 0 fully saturated rings. The molecule has 0 amide bonds. The van der Waals surface area contributed by atoms with E-state index in [4.69, 9.17) is 4.52 Å². The van der Waals surface area contributed by atoms with Crippen LogP contribution in [0.5, 0.6) is 0 Å². The molecule has 0 spiro atoms. The number of aryl methyl sites for hydroxylation is 1. The minimum absolute atomic E-state index is 0.125. The van der Waals surface area contributed by atoms with Crippen molar-refractivity contribution in [2.75, 3.05) is 0 Å². The van der Waals surface area contributed by atoms with Crippen molar-refractivity contribution in [2.24, 2.45) is 0 Å². The molecule has 100 valence electrons. The van der Waals surface area contributed by atoms with Crippen LogP contribution in [-0.2, 0) is 6.42 Å². The van der Waals surface area contributed by atoms with Gasteiger partial charge >= 0.3 is 5.69 Å². The summed E-state index contributed by atoms with van der Waals surface area (Å²) in [4.78, 5) is 22.2. The second-order valence-corrected chi connectivity index (χ2v) is 4.19. The SMILES string of the molecule is CCCCC(=O)c1noc(CCCC)c1[N+](=O)[O-]. The lowest BCUT2D eigenvalue weighted by Gasteiger charge is -1.95. The molecule has 0 aromatic carbocycles. The molecule has 0 unspecified atom stereocenters. The summed E-state index contributed by atoms with van der Waals surface area (Å²) in [7, 11) is 0. The summed E-state index contributed by atoms with van der Waals surface area (Å²) in [6.07, 6.45) is 3.96. The largest absolute Gasteiger partial charge is 0.353 e. The van der Waals surface area contributed by atoms with Gasteiger partial charge in [0.05, 0.1) is 4.92 Å². The molecule has 1 rings (SSSR count). The Hall–Kier alpha value is -1.72. The Balaban J connectivity index is 2.94. The van der Waals surface area contributed by atoms with Gasteiger partial charge in [-0.05, 0) is 12.8 Å². The van der Waals surface area contributed by atoms with Gasteiger partial charge in [0, 0.05) is 12.8 Å². The van der Waals surface area contributed by atoms with Crippen molar-refractivity contribution in [3.05, 3.63) is 21.6 Å². The molecular weight excluding hydrogens is 236 g/mol. The number of hydrogen-bond acceptors (Lipinski definition) is 5. The third-order valence-electron chi connectivity index (χ3n) is 2.70. The molecule has 0 aliphatic rings. The molecule has 0 N–H and O–H groups in total. The van der Waals surface area contributed by atoms with Gasteiger partial charge in [-0.1, -0.05) is 31.8 Å². The van der Waals surface area contributed by atoms with Crippen molar-refractivity contribution in [3.8, 4) is 0 Å². The standard InChI is InChI=1S/C12H18N2O4/c1-3-5-7-9(15)11-12(14(16)17)10(18-13-11)8-6-4-2/h3-8H2,1-2H3. The molecule has 6 nitrogen and oxygen atoms in total. The lowest BCUT2D eigenvalue weighted by molar-refractivity contribution is -0.386. The molecule has 0 saturated heterocycles. The van der Waals surface area contributed by atoms with Gasteiger partial charge in [-0.3, -0.25) is 14.9 Å². The molecule has 1 aromatic heterocycles. The lowest BCUT2D eigenvalue weighted by Crippen LogP contribution is -2.04. The van der Waals surface area contributed by atoms with Crippen LogP contribution in [0.1, 0.15) is 62.2 Å². The summed E-state index contributed by atoms with van der Waals surface area (Å²) >= 11 is 0. The maximum Gasteiger partial charge on any atom is 0.342 e. The first-order valence-corrected chi connectivity index (χ1v) is 6.27. The van der Waals surface area contributed by atoms with E-state index in [9.17, 15) is 14.9 Å². The molecule has 18 heavy (non-hydrogen) atoms. The van der Waals surface area contributed by atoms with E-state index in [1.807, 2.05) is 13.8 Å². The van der Waals surface area contributed by atoms with Crippen molar-refractivity contribution < 1.29 is 14.2 Å². The number of ketones is 1. The molecule has 0 bridgehead atoms. The van der Waals surface area contributed by atoms with Gasteiger partial charge in [0.15, 0.2) is 5.78 Å². The van der Waals surface area contributed by atoms with Crippen LogP contribution < -0.4 is 0 Å². The fourth-order valence-corrected chi connectivity index (χ4v) is 1.65. The van der Waals surface area contributed by atoms with Gasteiger partial charge in [-0.15, -0.1) is 0 Å². The second kappa shape index (κ2) is 6.88. The van der Waals surface area contributed by atoms with E-state index < -0.39 is 4.92 Å². The Bertz CT molecular complexity index is 426. The van der Waals surface area contributed by atoms with Gasteiger partial charge in [0.25, 0.3) is 0 Å². The third-order valence-corrected chi connectivity index (χ3v) is 2.70. The van der Waals surface area contributed by atoms with Crippen LogP contribution in [0.4, 0.5) is 5.69 Å². The molecule has 0 saturated carbocycles. The first kappa shape index (κ1) is 14.3. The van der Waals surface area contributed by atoms with Gasteiger partial charge in [0.2, 0.25) is 11.5 Å². The van der Waals surface area contributed by atoms with Gasteiger partial charge in [0.1, 0.15) is 0 Å². The van der Waals surface area contributed by atoms with Crippen molar-refractivity contribution in [3.63, 3.8) is 0 Å². The number of rotatable bonds is 8. The first-order chi connectivity index (χ1) is 8.61. The highest BCUT2D eigenvalue weighted by atomic mass is 16.6. The number of nitro groups is 1. The maximum absolute atomic E-state index is 11.8. The zero-order valence-corrected chi connectivity index (χ0v) is 10.8. The molecular formula is C12H18N2O4. The Morgan fingerprint density at radius 1 is 1.33 bits per heavy atom. The summed E-state index contributed by atoms with van der Waals surface area (Å²) < 4.78 is 4.95. The van der Waals surface area contributed by atoms with Crippen LogP contribution in [0.15, 0.2) is 4.52 Å². The normalized spacial score (nSPS) is 10.6. The fraction of sp³-hybridized carbons (Fsp3) is 0.667. The molecule has 0 atom stereocenters. The average Bonchev–Trinajstić information content (AvgIpc) is 2.77. The Morgan fingerprint density at radius 3 is 2.56 bits per heavy atom. The Morgan fingerprint density at radius 2 is 2.00 bits per heavy atom. The minimum atomic E-state index is -0.569. The molecule has 0 aliphatic heterocycles.